The fraction of sp³-hybridized carbons (Fsp3) is 0.400. The molecule has 0 radical (unpaired) electrons. The van der Waals surface area contributed by atoms with Crippen molar-refractivity contribution >= 4 is 17.1 Å². The van der Waals surface area contributed by atoms with Crippen molar-refractivity contribution in [3.05, 3.63) is 45.7 Å². The highest BCUT2D eigenvalue weighted by molar-refractivity contribution is 7.14. The third-order valence-electron chi connectivity index (χ3n) is 2.14. The molecule has 0 atom stereocenters. The number of thiophene rings is 1. The largest absolute Gasteiger partial charge is 0.294 e. The zero-order chi connectivity index (χ0) is 13.3. The van der Waals surface area contributed by atoms with Gasteiger partial charge in [0, 0.05) is 11.3 Å². The lowest BCUT2D eigenvalue weighted by Gasteiger charge is -1.97. The highest BCUT2D eigenvalue weighted by atomic mass is 32.1. The van der Waals surface area contributed by atoms with Gasteiger partial charge in [0.15, 0.2) is 5.78 Å². The molecule has 0 aliphatic carbocycles. The van der Waals surface area contributed by atoms with Crippen molar-refractivity contribution in [2.45, 2.75) is 41.0 Å². The van der Waals surface area contributed by atoms with E-state index in [1.165, 1.54) is 10.5 Å². The molecular weight excluding hydrogens is 228 g/mol. The van der Waals surface area contributed by atoms with Crippen LogP contribution in [-0.2, 0) is 6.42 Å². The van der Waals surface area contributed by atoms with Gasteiger partial charge in [-0.05, 0) is 38.5 Å². The van der Waals surface area contributed by atoms with E-state index in [0.717, 1.165) is 11.3 Å². The highest BCUT2D eigenvalue weighted by Gasteiger charge is 2.04. The minimum absolute atomic E-state index is 0.152. The fourth-order valence-electron chi connectivity index (χ4n) is 1.33. The maximum Gasteiger partial charge on any atom is 0.169 e. The summed E-state index contributed by atoms with van der Waals surface area (Å²) in [4.78, 5) is 13.2. The van der Waals surface area contributed by atoms with E-state index >= 15 is 0 Å². The Morgan fingerprint density at radius 2 is 1.94 bits per heavy atom. The van der Waals surface area contributed by atoms with E-state index in [2.05, 4.69) is 12.2 Å². The molecule has 0 saturated carbocycles. The maximum atomic E-state index is 11.1. The Labute approximate surface area is 109 Å². The third-order valence-corrected chi connectivity index (χ3v) is 3.32. The summed E-state index contributed by atoms with van der Waals surface area (Å²) in [6.07, 6.45) is 7.16. The van der Waals surface area contributed by atoms with E-state index in [-0.39, 0.29) is 5.78 Å². The molecule has 0 aliphatic rings. The molecule has 0 aromatic carbocycles. The number of rotatable bonds is 4. The van der Waals surface area contributed by atoms with Crippen molar-refractivity contribution in [2.75, 3.05) is 0 Å². The van der Waals surface area contributed by atoms with E-state index in [1.54, 1.807) is 18.3 Å². The first-order valence-electron chi connectivity index (χ1n) is 6.05. The van der Waals surface area contributed by atoms with Gasteiger partial charge in [0.1, 0.15) is 0 Å². The molecule has 94 valence electrons. The van der Waals surface area contributed by atoms with Gasteiger partial charge in [-0.1, -0.05) is 32.1 Å². The van der Waals surface area contributed by atoms with Crippen molar-refractivity contribution in [3.8, 4) is 0 Å². The second kappa shape index (κ2) is 8.94. The standard InChI is InChI=1S/C13H16OS.C2H6/c1-4-6-11(5-2)9-12-7-8-13(15-12)10(3)14;1-2/h4-8H,9H2,1-3H3;1-2H3/b6-4-,11-5+;. The lowest BCUT2D eigenvalue weighted by Crippen LogP contribution is -1.84. The van der Waals surface area contributed by atoms with Gasteiger partial charge in [-0.2, -0.15) is 0 Å². The Balaban J connectivity index is 0.00000121. The Kier molecular flexibility index (Phi) is 8.34. The number of hydrogen-bond acceptors (Lipinski definition) is 2. The van der Waals surface area contributed by atoms with Crippen LogP contribution in [-0.4, -0.2) is 5.78 Å². The Morgan fingerprint density at radius 1 is 1.29 bits per heavy atom. The van der Waals surface area contributed by atoms with Crippen LogP contribution in [0.15, 0.2) is 35.9 Å². The molecule has 0 fully saturated rings. The SMILES string of the molecule is C/C=C\C(=C/C)Cc1ccc(C(C)=O)s1.CC. The third kappa shape index (κ3) is 5.64. The number of ketones is 1. The second-order valence-electron chi connectivity index (χ2n) is 3.36. The van der Waals surface area contributed by atoms with E-state index in [4.69, 9.17) is 0 Å². The molecule has 1 heterocycles. The van der Waals surface area contributed by atoms with Crippen molar-refractivity contribution in [1.82, 2.24) is 0 Å². The van der Waals surface area contributed by atoms with Crippen molar-refractivity contribution in [3.63, 3.8) is 0 Å². The number of carbonyl (C=O) groups is 1. The van der Waals surface area contributed by atoms with E-state index in [1.807, 2.05) is 45.9 Å². The van der Waals surface area contributed by atoms with E-state index < -0.39 is 0 Å². The smallest absolute Gasteiger partial charge is 0.169 e. The van der Waals surface area contributed by atoms with Gasteiger partial charge < -0.3 is 0 Å². The minimum atomic E-state index is 0.152. The topological polar surface area (TPSA) is 17.1 Å². The van der Waals surface area contributed by atoms with E-state index in [0.29, 0.717) is 0 Å². The van der Waals surface area contributed by atoms with Crippen LogP contribution in [0.2, 0.25) is 0 Å². The van der Waals surface area contributed by atoms with Crippen LogP contribution >= 0.6 is 11.3 Å². The second-order valence-corrected chi connectivity index (χ2v) is 4.53. The molecule has 0 aliphatic heterocycles. The van der Waals surface area contributed by atoms with Gasteiger partial charge >= 0.3 is 0 Å². The summed E-state index contributed by atoms with van der Waals surface area (Å²) in [5.41, 5.74) is 1.29. The molecule has 1 aromatic heterocycles. The fourth-order valence-corrected chi connectivity index (χ4v) is 2.27. The first-order chi connectivity index (χ1) is 8.17. The highest BCUT2D eigenvalue weighted by Crippen LogP contribution is 2.20. The van der Waals surface area contributed by atoms with Crippen LogP contribution < -0.4 is 0 Å². The predicted molar refractivity (Wildman–Crippen MR) is 77.9 cm³/mol. The Bertz CT molecular complexity index is 397. The van der Waals surface area contributed by atoms with Gasteiger partial charge in [0.25, 0.3) is 0 Å². The molecule has 1 rings (SSSR count). The van der Waals surface area contributed by atoms with Crippen LogP contribution in [0.3, 0.4) is 0 Å². The average Bonchev–Trinajstić information content (AvgIpc) is 2.80. The monoisotopic (exact) mass is 250 g/mol. The summed E-state index contributed by atoms with van der Waals surface area (Å²) < 4.78 is 0. The molecule has 1 aromatic rings. The van der Waals surface area contributed by atoms with Gasteiger partial charge in [0.05, 0.1) is 4.88 Å². The molecule has 0 saturated heterocycles. The zero-order valence-electron chi connectivity index (χ0n) is 11.4. The summed E-state index contributed by atoms with van der Waals surface area (Å²) in [5.74, 6) is 0.152. The summed E-state index contributed by atoms with van der Waals surface area (Å²) in [5, 5.41) is 0. The van der Waals surface area contributed by atoms with E-state index in [9.17, 15) is 4.79 Å². The number of hydrogen-bond donors (Lipinski definition) is 0. The van der Waals surface area contributed by atoms with Crippen LogP contribution in [0.1, 0.15) is 49.2 Å². The van der Waals surface area contributed by atoms with Gasteiger partial charge in [0.2, 0.25) is 0 Å². The molecule has 0 bridgehead atoms. The number of Topliss-reactive ketones (excluding diaryl/α,β-unsaturated/α-hetero) is 1. The number of carbonyl (C=O) groups excluding carboxylic acids is 1. The zero-order valence-corrected chi connectivity index (χ0v) is 12.2. The predicted octanol–water partition coefficient (Wildman–Crippen LogP) is 5.04. The summed E-state index contributed by atoms with van der Waals surface area (Å²) >= 11 is 1.59. The molecule has 2 heteroatoms. The minimum Gasteiger partial charge on any atom is -0.294 e. The Hall–Kier alpha value is -1.15. The summed E-state index contributed by atoms with van der Waals surface area (Å²) in [6, 6.07) is 3.94. The van der Waals surface area contributed by atoms with Gasteiger partial charge in [-0.3, -0.25) is 4.79 Å². The van der Waals surface area contributed by atoms with Crippen molar-refractivity contribution in [1.29, 1.82) is 0 Å². The normalized spacial score (nSPS) is 11.2. The van der Waals surface area contributed by atoms with Crippen LogP contribution in [0, 0.1) is 0 Å². The molecule has 0 amide bonds. The van der Waals surface area contributed by atoms with Crippen LogP contribution in [0.5, 0.6) is 0 Å². The molecule has 17 heavy (non-hydrogen) atoms. The maximum absolute atomic E-state index is 11.1. The molecule has 0 N–H and O–H groups in total. The van der Waals surface area contributed by atoms with Crippen LogP contribution in [0.4, 0.5) is 0 Å². The van der Waals surface area contributed by atoms with Crippen LogP contribution in [0.25, 0.3) is 0 Å². The molecular formula is C15H22OS. The Morgan fingerprint density at radius 3 is 2.35 bits per heavy atom. The van der Waals surface area contributed by atoms with Crippen molar-refractivity contribution in [2.24, 2.45) is 0 Å². The lowest BCUT2D eigenvalue weighted by molar-refractivity contribution is 0.102. The summed E-state index contributed by atoms with van der Waals surface area (Å²) in [6.45, 7) is 9.66. The molecule has 1 nitrogen and oxygen atoms in total. The summed E-state index contributed by atoms with van der Waals surface area (Å²) in [7, 11) is 0. The first kappa shape index (κ1) is 15.9. The molecule has 0 spiro atoms. The van der Waals surface area contributed by atoms with Gasteiger partial charge in [-0.15, -0.1) is 11.3 Å². The number of allylic oxidation sites excluding steroid dienone is 4. The van der Waals surface area contributed by atoms with Gasteiger partial charge in [-0.25, -0.2) is 0 Å². The molecule has 0 unspecified atom stereocenters. The quantitative estimate of drug-likeness (QED) is 0.540. The average molecular weight is 250 g/mol. The first-order valence-corrected chi connectivity index (χ1v) is 6.86. The lowest BCUT2D eigenvalue weighted by atomic mass is 10.1. The van der Waals surface area contributed by atoms with Crippen molar-refractivity contribution < 1.29 is 4.79 Å².